The predicted molar refractivity (Wildman–Crippen MR) is 130 cm³/mol. The van der Waals surface area contributed by atoms with E-state index in [1.807, 2.05) is 19.1 Å². The van der Waals surface area contributed by atoms with Gasteiger partial charge in [-0.25, -0.2) is 9.59 Å². The molecular formula is C26H27N3O7. The van der Waals surface area contributed by atoms with E-state index in [-0.39, 0.29) is 34.2 Å². The van der Waals surface area contributed by atoms with Crippen LogP contribution in [0.15, 0.2) is 59.1 Å². The fourth-order valence-electron chi connectivity index (χ4n) is 4.16. The second kappa shape index (κ2) is 10.7. The summed E-state index contributed by atoms with van der Waals surface area (Å²) < 4.78 is 26.6. The fraction of sp³-hybridized carbons (Fsp3) is 0.269. The molecule has 0 radical (unpaired) electrons. The molecule has 0 fully saturated rings. The average molecular weight is 494 g/mol. The van der Waals surface area contributed by atoms with E-state index in [1.54, 1.807) is 24.3 Å². The Balaban J connectivity index is 2.48. The highest BCUT2D eigenvalue weighted by Gasteiger charge is 2.44. The molecule has 1 unspecified atom stereocenters. The molecule has 2 N–H and O–H groups in total. The first kappa shape index (κ1) is 26.0. The number of benzene rings is 2. The molecule has 2 aromatic carbocycles. The zero-order valence-corrected chi connectivity index (χ0v) is 20.9. The molecular weight excluding hydrogens is 466 g/mol. The minimum Gasteiger partial charge on any atom is -0.493 e. The van der Waals surface area contributed by atoms with E-state index in [4.69, 9.17) is 29.4 Å². The van der Waals surface area contributed by atoms with Crippen molar-refractivity contribution in [2.24, 2.45) is 5.73 Å². The Morgan fingerprint density at radius 2 is 1.50 bits per heavy atom. The number of nitrogens with two attached hydrogens (primary N) is 1. The molecule has 10 nitrogen and oxygen atoms in total. The van der Waals surface area contributed by atoms with Gasteiger partial charge in [-0.3, -0.25) is 4.90 Å². The van der Waals surface area contributed by atoms with Crippen LogP contribution in [0.25, 0.3) is 0 Å². The van der Waals surface area contributed by atoms with Crippen LogP contribution in [0.3, 0.4) is 0 Å². The number of ether oxygens (including phenoxy) is 5. The molecule has 36 heavy (non-hydrogen) atoms. The number of aryl methyl sites for hydroxylation is 1. The van der Waals surface area contributed by atoms with Gasteiger partial charge in [-0.15, -0.1) is 0 Å². The Morgan fingerprint density at radius 1 is 0.889 bits per heavy atom. The molecule has 0 spiro atoms. The largest absolute Gasteiger partial charge is 0.493 e. The molecule has 1 atom stereocenters. The first-order valence-electron chi connectivity index (χ1n) is 10.8. The second-order valence-corrected chi connectivity index (χ2v) is 7.68. The van der Waals surface area contributed by atoms with Gasteiger partial charge in [0.25, 0.3) is 0 Å². The van der Waals surface area contributed by atoms with Crippen molar-refractivity contribution in [3.05, 3.63) is 70.2 Å². The van der Waals surface area contributed by atoms with E-state index in [0.717, 1.165) is 5.56 Å². The Kier molecular flexibility index (Phi) is 7.74. The van der Waals surface area contributed by atoms with Crippen LogP contribution in [0.4, 0.5) is 5.69 Å². The smallest absolute Gasteiger partial charge is 0.355 e. The summed E-state index contributed by atoms with van der Waals surface area (Å²) in [6.45, 7) is 1.90. The van der Waals surface area contributed by atoms with E-state index >= 15 is 0 Å². The number of nitrogens with zero attached hydrogens (tertiary/aromatic N) is 2. The third-order valence-corrected chi connectivity index (χ3v) is 5.82. The molecule has 1 heterocycles. The van der Waals surface area contributed by atoms with Crippen molar-refractivity contribution in [1.29, 1.82) is 5.26 Å². The molecule has 3 rings (SSSR count). The predicted octanol–water partition coefficient (Wildman–Crippen LogP) is 2.92. The molecule has 1 aliphatic heterocycles. The first-order chi connectivity index (χ1) is 17.3. The van der Waals surface area contributed by atoms with Gasteiger partial charge in [0, 0.05) is 11.3 Å². The van der Waals surface area contributed by atoms with Crippen molar-refractivity contribution in [3.8, 4) is 23.3 Å². The summed E-state index contributed by atoms with van der Waals surface area (Å²) in [5.74, 6) is -2.11. The monoisotopic (exact) mass is 493 g/mol. The summed E-state index contributed by atoms with van der Waals surface area (Å²) in [7, 11) is 6.66. The van der Waals surface area contributed by atoms with Crippen molar-refractivity contribution < 1.29 is 33.3 Å². The normalized spacial score (nSPS) is 15.2. The molecule has 10 heteroatoms. The van der Waals surface area contributed by atoms with Crippen molar-refractivity contribution in [2.75, 3.05) is 40.4 Å². The van der Waals surface area contributed by atoms with Crippen LogP contribution in [-0.4, -0.2) is 47.5 Å². The maximum absolute atomic E-state index is 13.3. The van der Waals surface area contributed by atoms with E-state index in [0.29, 0.717) is 17.0 Å². The molecule has 0 bridgehead atoms. The fourth-order valence-corrected chi connectivity index (χ4v) is 4.16. The van der Waals surface area contributed by atoms with Crippen LogP contribution >= 0.6 is 0 Å². The zero-order valence-electron chi connectivity index (χ0n) is 20.9. The number of carbonyl (C=O) groups excluding carboxylic acids is 2. The highest BCUT2D eigenvalue weighted by atomic mass is 16.5. The number of hydrogen-bond donors (Lipinski definition) is 1. The lowest BCUT2D eigenvalue weighted by molar-refractivity contribution is -0.139. The Hall–Kier alpha value is -4.65. The van der Waals surface area contributed by atoms with Crippen LogP contribution in [0.2, 0.25) is 0 Å². The maximum atomic E-state index is 13.3. The molecule has 0 saturated carbocycles. The van der Waals surface area contributed by atoms with E-state index < -0.39 is 17.9 Å². The molecule has 2 aromatic rings. The number of methoxy groups -OCH3 is 5. The topological polar surface area (TPSA) is 133 Å². The van der Waals surface area contributed by atoms with E-state index in [2.05, 4.69) is 6.07 Å². The Bertz CT molecular complexity index is 1290. The Labute approximate surface area is 209 Å². The number of esters is 2. The van der Waals surface area contributed by atoms with Crippen LogP contribution in [0.1, 0.15) is 17.0 Å². The van der Waals surface area contributed by atoms with Gasteiger partial charge < -0.3 is 29.4 Å². The summed E-state index contributed by atoms with van der Waals surface area (Å²) in [5.41, 5.74) is 7.93. The lowest BCUT2D eigenvalue weighted by Crippen LogP contribution is -2.40. The number of rotatable bonds is 7. The summed E-state index contributed by atoms with van der Waals surface area (Å²) in [5, 5.41) is 10.2. The van der Waals surface area contributed by atoms with Gasteiger partial charge in [-0.05, 0) is 25.1 Å². The SMILES string of the molecule is COC(=O)C1=C(C(=O)OC)N(c2ccc(C)cc2)C(N)=C(C#N)C1c1ccc(OC)c(OC)c1OC. The molecule has 0 saturated heterocycles. The van der Waals surface area contributed by atoms with Crippen molar-refractivity contribution in [3.63, 3.8) is 0 Å². The molecule has 1 aliphatic rings. The molecule has 0 aromatic heterocycles. The van der Waals surface area contributed by atoms with Gasteiger partial charge in [-0.1, -0.05) is 23.8 Å². The maximum Gasteiger partial charge on any atom is 0.355 e. The van der Waals surface area contributed by atoms with E-state index in [1.165, 1.54) is 40.4 Å². The summed E-state index contributed by atoms with van der Waals surface area (Å²) in [6.07, 6.45) is 0. The first-order valence-corrected chi connectivity index (χ1v) is 10.8. The van der Waals surface area contributed by atoms with Gasteiger partial charge in [-0.2, -0.15) is 5.26 Å². The minimum absolute atomic E-state index is 0.00542. The molecule has 188 valence electrons. The quantitative estimate of drug-likeness (QED) is 0.574. The number of allylic oxidation sites excluding steroid dienone is 1. The number of nitriles is 1. The van der Waals surface area contributed by atoms with Gasteiger partial charge in [0.2, 0.25) is 5.75 Å². The van der Waals surface area contributed by atoms with Gasteiger partial charge in [0.05, 0.1) is 58.7 Å². The summed E-state index contributed by atoms with van der Waals surface area (Å²) in [6, 6.07) is 12.4. The zero-order chi connectivity index (χ0) is 26.6. The molecule has 0 aliphatic carbocycles. The Morgan fingerprint density at radius 3 is 2.00 bits per heavy atom. The highest BCUT2D eigenvalue weighted by molar-refractivity contribution is 6.06. The summed E-state index contributed by atoms with van der Waals surface area (Å²) >= 11 is 0. The average Bonchev–Trinajstić information content (AvgIpc) is 2.90. The third kappa shape index (κ3) is 4.27. The highest BCUT2D eigenvalue weighted by Crippen LogP contribution is 2.50. The van der Waals surface area contributed by atoms with Gasteiger partial charge in [0.1, 0.15) is 11.5 Å². The van der Waals surface area contributed by atoms with E-state index in [9.17, 15) is 14.9 Å². The van der Waals surface area contributed by atoms with Crippen LogP contribution in [0, 0.1) is 18.3 Å². The van der Waals surface area contributed by atoms with Crippen molar-refractivity contribution >= 4 is 17.6 Å². The van der Waals surface area contributed by atoms with Crippen LogP contribution in [0.5, 0.6) is 17.2 Å². The minimum atomic E-state index is -1.15. The van der Waals surface area contributed by atoms with Crippen molar-refractivity contribution in [1.82, 2.24) is 0 Å². The lowest BCUT2D eigenvalue weighted by Gasteiger charge is -2.36. The number of carbonyl (C=O) groups is 2. The number of anilines is 1. The third-order valence-electron chi connectivity index (χ3n) is 5.82. The number of hydrogen-bond acceptors (Lipinski definition) is 10. The summed E-state index contributed by atoms with van der Waals surface area (Å²) in [4.78, 5) is 27.8. The van der Waals surface area contributed by atoms with Crippen molar-refractivity contribution in [2.45, 2.75) is 12.8 Å². The van der Waals surface area contributed by atoms with Crippen LogP contribution < -0.4 is 24.8 Å². The second-order valence-electron chi connectivity index (χ2n) is 7.68. The lowest BCUT2D eigenvalue weighted by atomic mass is 9.80. The van der Waals surface area contributed by atoms with Gasteiger partial charge >= 0.3 is 11.9 Å². The molecule has 0 amide bonds. The van der Waals surface area contributed by atoms with Gasteiger partial charge in [0.15, 0.2) is 11.5 Å². The standard InChI is InChI=1S/C26H27N3O7/c1-14-7-9-15(10-8-14)29-21(26(31)36-6)20(25(30)35-5)19(17(13-27)24(29)28)16-11-12-18(32-2)23(34-4)22(16)33-3/h7-12,19H,28H2,1-6H3. The van der Waals surface area contributed by atoms with Crippen LogP contribution in [-0.2, 0) is 19.1 Å².